The molecule has 2 aromatic rings. The molecular weight excluding hydrogens is 402 g/mol. The van der Waals surface area contributed by atoms with E-state index < -0.39 is 5.97 Å². The van der Waals surface area contributed by atoms with Gasteiger partial charge < -0.3 is 9.84 Å². The van der Waals surface area contributed by atoms with Crippen LogP contribution in [0.1, 0.15) is 5.56 Å². The molecule has 4 nitrogen and oxygen atoms in total. The number of aliphatic hydroxyl groups excluding tert-OH is 1. The van der Waals surface area contributed by atoms with Crippen molar-refractivity contribution in [2.24, 2.45) is 4.99 Å². The van der Waals surface area contributed by atoms with E-state index >= 15 is 0 Å². The number of carbonyl (C=O) groups excluding carboxylic acids is 1. The fourth-order valence-electron chi connectivity index (χ4n) is 2.26. The van der Waals surface area contributed by atoms with Crippen LogP contribution >= 0.6 is 27.7 Å². The van der Waals surface area contributed by atoms with Gasteiger partial charge in [-0.15, -0.1) is 0 Å². The first-order valence-electron chi connectivity index (χ1n) is 7.39. The number of nitrogens with zero attached hydrogens (tertiary/aromatic N) is 1. The summed E-state index contributed by atoms with van der Waals surface area (Å²) in [6.45, 7) is 0. The van der Waals surface area contributed by atoms with Crippen molar-refractivity contribution in [3.8, 4) is 0 Å². The Hall–Kier alpha value is -2.31. The van der Waals surface area contributed by atoms with E-state index in [2.05, 4.69) is 20.9 Å². The lowest BCUT2D eigenvalue weighted by atomic mass is 10.1. The molecule has 0 saturated carbocycles. The maximum absolute atomic E-state index is 12.1. The number of methoxy groups -OCH3 is 1. The van der Waals surface area contributed by atoms with Crippen LogP contribution < -0.4 is 0 Å². The van der Waals surface area contributed by atoms with Crippen molar-refractivity contribution >= 4 is 50.5 Å². The summed E-state index contributed by atoms with van der Waals surface area (Å²) in [5.74, 6) is -0.733. The molecular formula is C19H14BrNO3S. The van der Waals surface area contributed by atoms with Gasteiger partial charge in [0.2, 0.25) is 0 Å². The van der Waals surface area contributed by atoms with Crippen molar-refractivity contribution in [3.05, 3.63) is 80.9 Å². The maximum atomic E-state index is 12.1. The van der Waals surface area contributed by atoms with E-state index in [9.17, 15) is 9.90 Å². The van der Waals surface area contributed by atoms with Gasteiger partial charge in [-0.3, -0.25) is 0 Å². The highest BCUT2D eigenvalue weighted by Gasteiger charge is 2.32. The molecule has 0 bridgehead atoms. The number of carbonyl (C=O) groups is 1. The topological polar surface area (TPSA) is 58.9 Å². The smallest absolute Gasteiger partial charge is 0.344 e. The van der Waals surface area contributed by atoms with Gasteiger partial charge in [-0.2, -0.15) is 0 Å². The number of ether oxygens (including phenoxy) is 1. The zero-order chi connectivity index (χ0) is 17.8. The van der Waals surface area contributed by atoms with Crippen LogP contribution in [0, 0.1) is 0 Å². The minimum Gasteiger partial charge on any atom is -0.506 e. The third kappa shape index (κ3) is 4.03. The minimum atomic E-state index is -0.614. The summed E-state index contributed by atoms with van der Waals surface area (Å²) in [5, 5.41) is 10.9. The van der Waals surface area contributed by atoms with E-state index in [0.717, 1.165) is 10.0 Å². The molecule has 0 atom stereocenters. The van der Waals surface area contributed by atoms with Crippen LogP contribution in [0.4, 0.5) is 5.69 Å². The Morgan fingerprint density at radius 1 is 1.20 bits per heavy atom. The molecule has 3 rings (SSSR count). The van der Waals surface area contributed by atoms with E-state index in [1.54, 1.807) is 6.08 Å². The Bertz CT molecular complexity index is 904. The second-order valence-electron chi connectivity index (χ2n) is 5.13. The Kier molecular flexibility index (Phi) is 5.40. The number of aliphatic imine (C=N–C) groups is 1. The molecule has 1 aliphatic heterocycles. The highest BCUT2D eigenvalue weighted by molar-refractivity contribution is 9.10. The number of rotatable bonds is 3. The van der Waals surface area contributed by atoms with Crippen molar-refractivity contribution in [2.75, 3.05) is 7.11 Å². The maximum Gasteiger partial charge on any atom is 0.344 e. The lowest BCUT2D eigenvalue weighted by molar-refractivity contribution is -0.135. The number of hydrogen-bond donors (Lipinski definition) is 1. The Labute approximate surface area is 158 Å². The molecule has 1 aliphatic rings. The summed E-state index contributed by atoms with van der Waals surface area (Å²) in [5.41, 5.74) is 1.68. The molecule has 0 unspecified atom stereocenters. The van der Waals surface area contributed by atoms with Gasteiger partial charge in [-0.1, -0.05) is 58.0 Å². The lowest BCUT2D eigenvalue weighted by Gasteiger charge is -2.01. The van der Waals surface area contributed by atoms with Crippen molar-refractivity contribution in [3.63, 3.8) is 0 Å². The van der Waals surface area contributed by atoms with Gasteiger partial charge in [0, 0.05) is 4.47 Å². The zero-order valence-electron chi connectivity index (χ0n) is 13.3. The molecule has 0 aliphatic carbocycles. The van der Waals surface area contributed by atoms with Crippen LogP contribution in [0.5, 0.6) is 0 Å². The molecule has 25 heavy (non-hydrogen) atoms. The third-order valence-corrected chi connectivity index (χ3v) is 4.93. The molecule has 1 heterocycles. The number of aliphatic hydroxyl groups is 1. The van der Waals surface area contributed by atoms with E-state index in [0.29, 0.717) is 15.6 Å². The molecule has 1 N–H and O–H groups in total. The SMILES string of the molecule is COC(=O)C1=C(O)C(=Cc2cccc(Br)c2)SC1=Nc1ccccc1. The summed E-state index contributed by atoms with van der Waals surface area (Å²) >= 11 is 4.66. The molecule has 0 amide bonds. The Morgan fingerprint density at radius 3 is 2.64 bits per heavy atom. The normalized spacial score (nSPS) is 17.4. The predicted molar refractivity (Wildman–Crippen MR) is 105 cm³/mol. The fraction of sp³-hybridized carbons (Fsp3) is 0.0526. The summed E-state index contributed by atoms with van der Waals surface area (Å²) in [6, 6.07) is 16.9. The summed E-state index contributed by atoms with van der Waals surface area (Å²) < 4.78 is 5.73. The first-order valence-corrected chi connectivity index (χ1v) is 9.00. The summed E-state index contributed by atoms with van der Waals surface area (Å²) in [6.07, 6.45) is 1.81. The first-order chi connectivity index (χ1) is 12.1. The van der Waals surface area contributed by atoms with E-state index in [4.69, 9.17) is 4.74 Å². The molecule has 0 radical (unpaired) electrons. The minimum absolute atomic E-state index is 0.0811. The summed E-state index contributed by atoms with van der Waals surface area (Å²) in [4.78, 5) is 17.1. The molecule has 6 heteroatoms. The second-order valence-corrected chi connectivity index (χ2v) is 7.08. The van der Waals surface area contributed by atoms with Crippen LogP contribution in [-0.4, -0.2) is 23.2 Å². The van der Waals surface area contributed by atoms with Crippen LogP contribution in [-0.2, 0) is 9.53 Å². The largest absolute Gasteiger partial charge is 0.506 e. The van der Waals surface area contributed by atoms with Gasteiger partial charge in [0.15, 0.2) is 0 Å². The van der Waals surface area contributed by atoms with Crippen LogP contribution in [0.2, 0.25) is 0 Å². The van der Waals surface area contributed by atoms with Crippen molar-refractivity contribution in [1.82, 2.24) is 0 Å². The van der Waals surface area contributed by atoms with Crippen LogP contribution in [0.3, 0.4) is 0 Å². The van der Waals surface area contributed by atoms with Gasteiger partial charge >= 0.3 is 5.97 Å². The standard InChI is InChI=1S/C19H14BrNO3S/c1-24-19(23)16-17(22)15(11-12-6-5-7-13(20)10-12)25-18(16)21-14-8-3-2-4-9-14/h2-11,22H,1H3. The average Bonchev–Trinajstić information content (AvgIpc) is 2.90. The molecule has 0 fully saturated rings. The Morgan fingerprint density at radius 2 is 1.96 bits per heavy atom. The van der Waals surface area contributed by atoms with Crippen molar-refractivity contribution < 1.29 is 14.6 Å². The monoisotopic (exact) mass is 415 g/mol. The van der Waals surface area contributed by atoms with Gasteiger partial charge in [-0.05, 0) is 35.9 Å². The van der Waals surface area contributed by atoms with E-state index in [1.807, 2.05) is 54.6 Å². The number of para-hydroxylation sites is 1. The van der Waals surface area contributed by atoms with Crippen LogP contribution in [0.25, 0.3) is 6.08 Å². The number of halogens is 1. The molecule has 0 saturated heterocycles. The van der Waals surface area contributed by atoms with E-state index in [1.165, 1.54) is 18.9 Å². The number of benzene rings is 2. The average molecular weight is 416 g/mol. The number of esters is 1. The van der Waals surface area contributed by atoms with Gasteiger partial charge in [0.1, 0.15) is 16.4 Å². The lowest BCUT2D eigenvalue weighted by Crippen LogP contribution is -2.10. The van der Waals surface area contributed by atoms with Crippen LogP contribution in [0.15, 0.2) is 80.3 Å². The first kappa shape index (κ1) is 17.5. The van der Waals surface area contributed by atoms with Crippen molar-refractivity contribution in [1.29, 1.82) is 0 Å². The zero-order valence-corrected chi connectivity index (χ0v) is 15.7. The fourth-order valence-corrected chi connectivity index (χ4v) is 3.71. The third-order valence-electron chi connectivity index (χ3n) is 3.41. The summed E-state index contributed by atoms with van der Waals surface area (Å²) in [7, 11) is 1.28. The molecule has 2 aromatic carbocycles. The van der Waals surface area contributed by atoms with Gasteiger partial charge in [0.05, 0.1) is 17.7 Å². The van der Waals surface area contributed by atoms with E-state index in [-0.39, 0.29) is 11.3 Å². The van der Waals surface area contributed by atoms with Gasteiger partial charge in [-0.25, -0.2) is 9.79 Å². The quantitative estimate of drug-likeness (QED) is 0.695. The Balaban J connectivity index is 2.05. The second kappa shape index (κ2) is 7.72. The number of thioether (sulfide) groups is 1. The highest BCUT2D eigenvalue weighted by atomic mass is 79.9. The van der Waals surface area contributed by atoms with Crippen molar-refractivity contribution in [2.45, 2.75) is 0 Å². The number of hydrogen-bond acceptors (Lipinski definition) is 5. The highest BCUT2D eigenvalue weighted by Crippen LogP contribution is 2.40. The predicted octanol–water partition coefficient (Wildman–Crippen LogP) is 5.25. The molecule has 0 aromatic heterocycles. The van der Waals surface area contributed by atoms with Gasteiger partial charge in [0.25, 0.3) is 0 Å². The molecule has 0 spiro atoms. The molecule has 126 valence electrons.